The Morgan fingerprint density at radius 3 is 2.88 bits per heavy atom. The van der Waals surface area contributed by atoms with Gasteiger partial charge in [-0.05, 0) is 0 Å². The van der Waals surface area contributed by atoms with Gasteiger partial charge in [0, 0.05) is 45.0 Å². The summed E-state index contributed by atoms with van der Waals surface area (Å²) in [7, 11) is 1.89. The Bertz CT molecular complexity index is 532. The lowest BCUT2D eigenvalue weighted by atomic mass is 9.96. The number of fused-ring (bicyclic) bond motifs is 1. The van der Waals surface area contributed by atoms with Crippen molar-refractivity contribution in [2.75, 3.05) is 26.2 Å². The Hall–Kier alpha value is -1.53. The number of aliphatic hydroxyl groups excluding tert-OH is 1. The first-order valence-electron chi connectivity index (χ1n) is 5.76. The lowest BCUT2D eigenvalue weighted by Gasteiger charge is -2.37. The highest BCUT2D eigenvalue weighted by Gasteiger charge is 2.31. The zero-order valence-electron chi connectivity index (χ0n) is 9.74. The summed E-state index contributed by atoms with van der Waals surface area (Å²) in [6, 6.07) is 0. The average Bonchev–Trinajstić information content (AvgIpc) is 2.62. The quantitative estimate of drug-likeness (QED) is 0.792. The summed E-state index contributed by atoms with van der Waals surface area (Å²) < 4.78 is 1.78. The number of β-amino-alcohol motifs (C(OH)–C–C–N with tert-alkyl or cyclic N) is 1. The van der Waals surface area contributed by atoms with E-state index in [9.17, 15) is 0 Å². The molecule has 0 unspecified atom stereocenters. The molecule has 3 rings (SSSR count). The van der Waals surface area contributed by atoms with Gasteiger partial charge >= 0.3 is 0 Å². The standard InChI is InChI=1S/C11H15N5O/c1-15-11-10(12-2-3-13-11)9(14-15)8-6-16(7-8)4-5-17/h2-3,8,17H,4-7H2,1H3. The molecule has 1 saturated heterocycles. The van der Waals surface area contributed by atoms with Crippen LogP contribution in [0, 0.1) is 0 Å². The van der Waals surface area contributed by atoms with Crippen molar-refractivity contribution >= 4 is 11.2 Å². The van der Waals surface area contributed by atoms with Gasteiger partial charge in [-0.1, -0.05) is 0 Å². The first-order valence-corrected chi connectivity index (χ1v) is 5.76. The Labute approximate surface area is 98.9 Å². The first kappa shape index (κ1) is 10.6. The van der Waals surface area contributed by atoms with E-state index >= 15 is 0 Å². The second-order valence-corrected chi connectivity index (χ2v) is 4.42. The predicted molar refractivity (Wildman–Crippen MR) is 62.6 cm³/mol. The molecule has 1 aliphatic rings. The molecule has 1 N–H and O–H groups in total. The zero-order chi connectivity index (χ0) is 11.8. The summed E-state index contributed by atoms with van der Waals surface area (Å²) in [6.45, 7) is 2.86. The van der Waals surface area contributed by atoms with Crippen LogP contribution < -0.4 is 0 Å². The number of hydrogen-bond acceptors (Lipinski definition) is 5. The van der Waals surface area contributed by atoms with Gasteiger partial charge in [-0.2, -0.15) is 5.10 Å². The molecule has 90 valence electrons. The third kappa shape index (κ3) is 1.69. The highest BCUT2D eigenvalue weighted by Crippen LogP contribution is 2.29. The van der Waals surface area contributed by atoms with E-state index in [0.717, 1.165) is 36.5 Å². The van der Waals surface area contributed by atoms with Crippen LogP contribution in [0.2, 0.25) is 0 Å². The number of nitrogens with zero attached hydrogens (tertiary/aromatic N) is 5. The summed E-state index contributed by atoms with van der Waals surface area (Å²) >= 11 is 0. The summed E-state index contributed by atoms with van der Waals surface area (Å²) in [5.74, 6) is 0.418. The first-order chi connectivity index (χ1) is 8.29. The average molecular weight is 233 g/mol. The van der Waals surface area contributed by atoms with Gasteiger partial charge in [-0.15, -0.1) is 0 Å². The van der Waals surface area contributed by atoms with Crippen molar-refractivity contribution in [2.45, 2.75) is 5.92 Å². The van der Waals surface area contributed by atoms with E-state index in [-0.39, 0.29) is 6.61 Å². The molecule has 0 radical (unpaired) electrons. The van der Waals surface area contributed by atoms with Crippen molar-refractivity contribution in [2.24, 2.45) is 7.05 Å². The van der Waals surface area contributed by atoms with Crippen molar-refractivity contribution in [3.05, 3.63) is 18.1 Å². The van der Waals surface area contributed by atoms with E-state index < -0.39 is 0 Å². The Kier molecular flexibility index (Phi) is 2.53. The van der Waals surface area contributed by atoms with E-state index in [1.54, 1.807) is 17.1 Å². The number of aryl methyl sites for hydroxylation is 1. The molecular weight excluding hydrogens is 218 g/mol. The molecule has 6 nitrogen and oxygen atoms in total. The lowest BCUT2D eigenvalue weighted by molar-refractivity contribution is 0.114. The molecular formula is C11H15N5O. The van der Waals surface area contributed by atoms with Gasteiger partial charge in [0.1, 0.15) is 5.52 Å². The SMILES string of the molecule is Cn1nc(C2CN(CCO)C2)c2nccnc21. The van der Waals surface area contributed by atoms with Crippen LogP contribution in [-0.4, -0.2) is 56.0 Å². The normalized spacial score (nSPS) is 17.5. The molecule has 0 aliphatic carbocycles. The Morgan fingerprint density at radius 1 is 1.35 bits per heavy atom. The fourth-order valence-corrected chi connectivity index (χ4v) is 2.35. The smallest absolute Gasteiger partial charge is 0.176 e. The van der Waals surface area contributed by atoms with Crippen LogP contribution in [0.3, 0.4) is 0 Å². The lowest BCUT2D eigenvalue weighted by Crippen LogP contribution is -2.46. The largest absolute Gasteiger partial charge is 0.395 e. The number of rotatable bonds is 3. The Balaban J connectivity index is 1.87. The summed E-state index contributed by atoms with van der Waals surface area (Å²) in [6.07, 6.45) is 3.39. The van der Waals surface area contributed by atoms with Crippen molar-refractivity contribution in [1.82, 2.24) is 24.6 Å². The highest BCUT2D eigenvalue weighted by atomic mass is 16.3. The number of aromatic nitrogens is 4. The molecule has 0 saturated carbocycles. The minimum atomic E-state index is 0.218. The molecule has 6 heteroatoms. The fourth-order valence-electron chi connectivity index (χ4n) is 2.35. The molecule has 1 fully saturated rings. The highest BCUT2D eigenvalue weighted by molar-refractivity contribution is 5.73. The summed E-state index contributed by atoms with van der Waals surface area (Å²) in [4.78, 5) is 10.9. The van der Waals surface area contributed by atoms with Gasteiger partial charge in [0.05, 0.1) is 12.3 Å². The Morgan fingerprint density at radius 2 is 2.12 bits per heavy atom. The number of hydrogen-bond donors (Lipinski definition) is 1. The summed E-state index contributed by atoms with van der Waals surface area (Å²) in [5, 5.41) is 13.4. The van der Waals surface area contributed by atoms with E-state index in [2.05, 4.69) is 20.0 Å². The molecule has 0 bridgehead atoms. The fraction of sp³-hybridized carbons (Fsp3) is 0.545. The van der Waals surface area contributed by atoms with Gasteiger partial charge in [0.25, 0.3) is 0 Å². The molecule has 2 aromatic heterocycles. The van der Waals surface area contributed by atoms with Gasteiger partial charge in [0.15, 0.2) is 5.65 Å². The maximum absolute atomic E-state index is 8.85. The topological polar surface area (TPSA) is 67.1 Å². The molecule has 0 amide bonds. The number of aliphatic hydroxyl groups is 1. The van der Waals surface area contributed by atoms with Crippen molar-refractivity contribution in [3.63, 3.8) is 0 Å². The predicted octanol–water partition coefficient (Wildman–Crippen LogP) is -0.245. The maximum atomic E-state index is 8.85. The van der Waals surface area contributed by atoms with Gasteiger partial charge in [0.2, 0.25) is 0 Å². The van der Waals surface area contributed by atoms with Crippen molar-refractivity contribution in [1.29, 1.82) is 0 Å². The minimum absolute atomic E-state index is 0.218. The third-order valence-corrected chi connectivity index (χ3v) is 3.25. The second kappa shape index (κ2) is 4.05. The van der Waals surface area contributed by atoms with Crippen LogP contribution in [0.5, 0.6) is 0 Å². The molecule has 3 heterocycles. The van der Waals surface area contributed by atoms with Gasteiger partial charge in [-0.25, -0.2) is 14.6 Å². The van der Waals surface area contributed by atoms with Crippen LogP contribution in [0.4, 0.5) is 0 Å². The van der Waals surface area contributed by atoms with Crippen LogP contribution in [0.1, 0.15) is 11.6 Å². The third-order valence-electron chi connectivity index (χ3n) is 3.25. The zero-order valence-corrected chi connectivity index (χ0v) is 9.74. The molecule has 1 aliphatic heterocycles. The van der Waals surface area contributed by atoms with Crippen LogP contribution >= 0.6 is 0 Å². The van der Waals surface area contributed by atoms with Crippen molar-refractivity contribution < 1.29 is 5.11 Å². The second-order valence-electron chi connectivity index (χ2n) is 4.42. The van der Waals surface area contributed by atoms with Gasteiger partial charge < -0.3 is 5.11 Å². The molecule has 0 atom stereocenters. The van der Waals surface area contributed by atoms with Crippen LogP contribution in [-0.2, 0) is 7.05 Å². The van der Waals surface area contributed by atoms with Crippen molar-refractivity contribution in [3.8, 4) is 0 Å². The van der Waals surface area contributed by atoms with E-state index in [0.29, 0.717) is 5.92 Å². The summed E-state index contributed by atoms with van der Waals surface area (Å²) in [5.41, 5.74) is 2.77. The maximum Gasteiger partial charge on any atom is 0.176 e. The molecule has 2 aromatic rings. The van der Waals surface area contributed by atoms with Crippen LogP contribution in [0.25, 0.3) is 11.2 Å². The minimum Gasteiger partial charge on any atom is -0.395 e. The van der Waals surface area contributed by atoms with Crippen LogP contribution in [0.15, 0.2) is 12.4 Å². The monoisotopic (exact) mass is 233 g/mol. The van der Waals surface area contributed by atoms with E-state index in [4.69, 9.17) is 5.11 Å². The molecule has 0 aromatic carbocycles. The van der Waals surface area contributed by atoms with E-state index in [1.807, 2.05) is 7.05 Å². The van der Waals surface area contributed by atoms with E-state index in [1.165, 1.54) is 0 Å². The number of likely N-dealkylation sites (tertiary alicyclic amines) is 1. The van der Waals surface area contributed by atoms with Gasteiger partial charge in [-0.3, -0.25) is 4.90 Å². The molecule has 0 spiro atoms. The molecule has 17 heavy (non-hydrogen) atoms.